The zero-order chi connectivity index (χ0) is 17.3. The minimum atomic E-state index is -0.902. The van der Waals surface area contributed by atoms with Gasteiger partial charge in [-0.3, -0.25) is 4.79 Å². The van der Waals surface area contributed by atoms with E-state index >= 15 is 0 Å². The van der Waals surface area contributed by atoms with Gasteiger partial charge in [0.2, 0.25) is 0 Å². The van der Waals surface area contributed by atoms with Gasteiger partial charge in [0.25, 0.3) is 5.91 Å². The Labute approximate surface area is 138 Å². The summed E-state index contributed by atoms with van der Waals surface area (Å²) in [7, 11) is 1.52. The number of aromatic nitrogens is 1. The first-order valence-electron chi connectivity index (χ1n) is 7.28. The highest BCUT2D eigenvalue weighted by atomic mass is 19.1. The number of methoxy groups -OCH3 is 1. The van der Waals surface area contributed by atoms with Crippen molar-refractivity contribution < 1.29 is 19.0 Å². The highest BCUT2D eigenvalue weighted by Gasteiger charge is 2.28. The number of anilines is 1. The van der Waals surface area contributed by atoms with Gasteiger partial charge in [-0.05, 0) is 31.2 Å². The standard InChI is InChI=1S/C18H15FN2O3/c1-10(22)3-4-11-13(19)5-6-14-17(11)12(18(23)21-14)9-15-16(24-2)7-8-20-15/h5-10,20,22H,1-2H3,(H,21,23)/b12-9-/t10-/m0/s1. The molecule has 6 heteroatoms. The van der Waals surface area contributed by atoms with Crippen LogP contribution in [0.4, 0.5) is 10.1 Å². The van der Waals surface area contributed by atoms with Gasteiger partial charge in [-0.25, -0.2) is 4.39 Å². The Hall–Kier alpha value is -3.04. The van der Waals surface area contributed by atoms with Gasteiger partial charge in [-0.1, -0.05) is 11.8 Å². The number of carbonyl (C=O) groups excluding carboxylic acids is 1. The first-order valence-corrected chi connectivity index (χ1v) is 7.28. The van der Waals surface area contributed by atoms with Gasteiger partial charge in [-0.2, -0.15) is 0 Å². The van der Waals surface area contributed by atoms with Crippen molar-refractivity contribution in [2.45, 2.75) is 13.0 Å². The van der Waals surface area contributed by atoms with Gasteiger partial charge in [0, 0.05) is 11.8 Å². The van der Waals surface area contributed by atoms with Crippen LogP contribution in [0.25, 0.3) is 11.6 Å². The topological polar surface area (TPSA) is 74.4 Å². The molecular formula is C18H15FN2O3. The molecule has 0 saturated carbocycles. The lowest BCUT2D eigenvalue weighted by atomic mass is 9.99. The summed E-state index contributed by atoms with van der Waals surface area (Å²) in [5.74, 6) is 4.80. The smallest absolute Gasteiger partial charge is 0.256 e. The fourth-order valence-corrected chi connectivity index (χ4v) is 2.50. The normalized spacial score (nSPS) is 15.5. The number of ether oxygens (including phenoxy) is 1. The largest absolute Gasteiger partial charge is 0.495 e. The van der Waals surface area contributed by atoms with Crippen molar-refractivity contribution in [1.29, 1.82) is 0 Å². The van der Waals surface area contributed by atoms with Gasteiger partial charge >= 0.3 is 0 Å². The van der Waals surface area contributed by atoms with E-state index in [9.17, 15) is 14.3 Å². The zero-order valence-electron chi connectivity index (χ0n) is 13.1. The number of rotatable bonds is 2. The Kier molecular flexibility index (Phi) is 4.11. The molecule has 1 atom stereocenters. The van der Waals surface area contributed by atoms with Gasteiger partial charge in [0.15, 0.2) is 0 Å². The summed E-state index contributed by atoms with van der Waals surface area (Å²) in [6.45, 7) is 1.48. The number of H-pyrrole nitrogens is 1. The lowest BCUT2D eigenvalue weighted by Gasteiger charge is -2.05. The lowest BCUT2D eigenvalue weighted by molar-refractivity contribution is -0.110. The van der Waals surface area contributed by atoms with Crippen LogP contribution >= 0.6 is 0 Å². The van der Waals surface area contributed by atoms with E-state index in [2.05, 4.69) is 22.1 Å². The fraction of sp³-hybridized carbons (Fsp3) is 0.167. The van der Waals surface area contributed by atoms with E-state index in [0.717, 1.165) is 0 Å². The van der Waals surface area contributed by atoms with Gasteiger partial charge in [0.1, 0.15) is 17.7 Å². The van der Waals surface area contributed by atoms with Crippen molar-refractivity contribution >= 4 is 23.2 Å². The SMILES string of the molecule is COc1cc[nH]c1/C=C1\C(=O)Nc2ccc(F)c(C#C[C@H](C)O)c21. The Morgan fingerprint density at radius 2 is 2.17 bits per heavy atom. The van der Waals surface area contributed by atoms with Crippen LogP contribution in [0.2, 0.25) is 0 Å². The molecule has 1 aromatic carbocycles. The van der Waals surface area contributed by atoms with Crippen LogP contribution in [0.15, 0.2) is 24.4 Å². The molecule has 2 aromatic rings. The molecule has 2 heterocycles. The van der Waals surface area contributed by atoms with E-state index in [1.807, 2.05) is 0 Å². The number of aliphatic hydroxyl groups is 1. The van der Waals surface area contributed by atoms with Crippen molar-refractivity contribution in [3.63, 3.8) is 0 Å². The molecule has 0 bridgehead atoms. The number of hydrogen-bond donors (Lipinski definition) is 3. The number of hydrogen-bond acceptors (Lipinski definition) is 3. The van der Waals surface area contributed by atoms with Crippen molar-refractivity contribution in [2.24, 2.45) is 0 Å². The lowest BCUT2D eigenvalue weighted by Crippen LogP contribution is -2.03. The molecule has 1 aromatic heterocycles. The first-order chi connectivity index (χ1) is 11.5. The maximum absolute atomic E-state index is 14.2. The minimum Gasteiger partial charge on any atom is -0.495 e. The predicted molar refractivity (Wildman–Crippen MR) is 88.8 cm³/mol. The third kappa shape index (κ3) is 2.77. The van der Waals surface area contributed by atoms with E-state index < -0.39 is 11.9 Å². The van der Waals surface area contributed by atoms with Crippen molar-refractivity contribution in [1.82, 2.24) is 4.98 Å². The number of fused-ring (bicyclic) bond motifs is 1. The molecule has 1 aliphatic rings. The molecule has 0 saturated heterocycles. The highest BCUT2D eigenvalue weighted by molar-refractivity contribution is 6.35. The Morgan fingerprint density at radius 3 is 2.88 bits per heavy atom. The highest BCUT2D eigenvalue weighted by Crippen LogP contribution is 2.37. The van der Waals surface area contributed by atoms with Crippen LogP contribution in [0.3, 0.4) is 0 Å². The summed E-state index contributed by atoms with van der Waals surface area (Å²) in [4.78, 5) is 15.3. The van der Waals surface area contributed by atoms with Gasteiger partial charge in [-0.15, -0.1) is 0 Å². The quantitative estimate of drug-likeness (QED) is 0.586. The molecule has 1 amide bonds. The molecule has 24 heavy (non-hydrogen) atoms. The first kappa shape index (κ1) is 15.8. The van der Waals surface area contributed by atoms with Crippen molar-refractivity contribution in [3.8, 4) is 17.6 Å². The Bertz CT molecular complexity index is 901. The predicted octanol–water partition coefficient (Wildman–Crippen LogP) is 2.39. The molecular weight excluding hydrogens is 311 g/mol. The van der Waals surface area contributed by atoms with Gasteiger partial charge < -0.3 is 20.1 Å². The zero-order valence-corrected chi connectivity index (χ0v) is 13.1. The van der Waals surface area contributed by atoms with E-state index in [1.54, 1.807) is 18.3 Å². The van der Waals surface area contributed by atoms with Crippen LogP contribution in [0.1, 0.15) is 23.7 Å². The number of aromatic amines is 1. The van der Waals surface area contributed by atoms with E-state index in [1.165, 1.54) is 26.2 Å². The number of carbonyl (C=O) groups is 1. The summed E-state index contributed by atoms with van der Waals surface area (Å²) < 4.78 is 19.4. The van der Waals surface area contributed by atoms with Gasteiger partial charge in [0.05, 0.1) is 29.6 Å². The number of nitrogens with one attached hydrogen (secondary N) is 2. The molecule has 0 unspecified atom stereocenters. The summed E-state index contributed by atoms with van der Waals surface area (Å²) in [5, 5.41) is 12.0. The average molecular weight is 326 g/mol. The third-order valence-corrected chi connectivity index (χ3v) is 3.57. The molecule has 3 rings (SSSR count). The summed E-state index contributed by atoms with van der Waals surface area (Å²) >= 11 is 0. The van der Waals surface area contributed by atoms with E-state index in [0.29, 0.717) is 22.7 Å². The number of amides is 1. The fourth-order valence-electron chi connectivity index (χ4n) is 2.50. The van der Waals surface area contributed by atoms with Crippen LogP contribution in [-0.2, 0) is 4.79 Å². The summed E-state index contributed by atoms with van der Waals surface area (Å²) in [5.41, 5.74) is 1.80. The van der Waals surface area contributed by atoms with Crippen LogP contribution in [-0.4, -0.2) is 29.2 Å². The summed E-state index contributed by atoms with van der Waals surface area (Å²) in [6, 6.07) is 4.45. The second kappa shape index (κ2) is 6.22. The second-order valence-corrected chi connectivity index (χ2v) is 5.26. The minimum absolute atomic E-state index is 0.0727. The van der Waals surface area contributed by atoms with Crippen LogP contribution < -0.4 is 10.1 Å². The molecule has 0 radical (unpaired) electrons. The molecule has 0 aliphatic carbocycles. The third-order valence-electron chi connectivity index (χ3n) is 3.57. The van der Waals surface area contributed by atoms with Crippen LogP contribution in [0.5, 0.6) is 5.75 Å². The van der Waals surface area contributed by atoms with E-state index in [-0.39, 0.29) is 17.0 Å². The van der Waals surface area contributed by atoms with Crippen molar-refractivity contribution in [2.75, 3.05) is 12.4 Å². The molecule has 3 N–H and O–H groups in total. The Morgan fingerprint density at radius 1 is 1.38 bits per heavy atom. The second-order valence-electron chi connectivity index (χ2n) is 5.26. The average Bonchev–Trinajstić information content (AvgIpc) is 3.11. The van der Waals surface area contributed by atoms with Crippen LogP contribution in [0, 0.1) is 17.7 Å². The number of benzene rings is 1. The molecule has 0 spiro atoms. The Balaban J connectivity index is 2.19. The molecule has 1 aliphatic heterocycles. The molecule has 5 nitrogen and oxygen atoms in total. The maximum Gasteiger partial charge on any atom is 0.256 e. The maximum atomic E-state index is 14.2. The number of halogens is 1. The summed E-state index contributed by atoms with van der Waals surface area (Å²) in [6.07, 6.45) is 2.37. The molecule has 122 valence electrons. The monoisotopic (exact) mass is 326 g/mol. The molecule has 0 fully saturated rings. The number of aliphatic hydroxyl groups excluding tert-OH is 1. The van der Waals surface area contributed by atoms with Crippen molar-refractivity contribution in [3.05, 3.63) is 47.0 Å². The van der Waals surface area contributed by atoms with E-state index in [4.69, 9.17) is 4.74 Å².